The minimum Gasteiger partial charge on any atom is -0.383 e. The Labute approximate surface area is 108 Å². The molecule has 2 rings (SSSR count). The van der Waals surface area contributed by atoms with Gasteiger partial charge in [0.05, 0.1) is 0 Å². The quantitative estimate of drug-likeness (QED) is 0.882. The van der Waals surface area contributed by atoms with Crippen molar-refractivity contribution >= 4 is 15.8 Å². The molecule has 0 amide bonds. The fourth-order valence-electron chi connectivity index (χ4n) is 2.24. The van der Waals surface area contributed by atoms with Gasteiger partial charge in [-0.1, -0.05) is 6.92 Å². The van der Waals surface area contributed by atoms with E-state index in [9.17, 15) is 8.42 Å². The molecule has 5 nitrogen and oxygen atoms in total. The van der Waals surface area contributed by atoms with Crippen LogP contribution in [0.4, 0.5) is 5.82 Å². The summed E-state index contributed by atoms with van der Waals surface area (Å²) in [6.45, 7) is 3.30. The number of anilines is 1. The second-order valence-corrected chi connectivity index (χ2v) is 6.73. The molecule has 0 spiro atoms. The first-order valence-electron chi connectivity index (χ1n) is 6.22. The third kappa shape index (κ3) is 2.64. The summed E-state index contributed by atoms with van der Waals surface area (Å²) < 4.78 is 26.5. The molecule has 100 valence electrons. The van der Waals surface area contributed by atoms with E-state index in [0.717, 1.165) is 19.3 Å². The normalized spacial score (nSPS) is 22.6. The fourth-order valence-corrected chi connectivity index (χ4v) is 3.80. The number of hydrogen-bond donors (Lipinski definition) is 1. The maximum atomic E-state index is 12.5. The standard InChI is InChI=1S/C12H19N3O2S/c1-10-4-3-8-15(9-6-10)18(16,17)11-5-2-7-14-12(11)13/h2,5,7,10H,3-4,6,8-9H2,1H3,(H2,13,14). The van der Waals surface area contributed by atoms with E-state index in [0.29, 0.717) is 19.0 Å². The number of hydrogen-bond acceptors (Lipinski definition) is 4. The number of nitrogens with zero attached hydrogens (tertiary/aromatic N) is 2. The van der Waals surface area contributed by atoms with E-state index in [1.807, 2.05) is 0 Å². The molecule has 2 N–H and O–H groups in total. The summed E-state index contributed by atoms with van der Waals surface area (Å²) in [6, 6.07) is 3.12. The molecule has 6 heteroatoms. The summed E-state index contributed by atoms with van der Waals surface area (Å²) in [5, 5.41) is 0. The molecule has 1 saturated heterocycles. The van der Waals surface area contributed by atoms with Gasteiger partial charge in [0.1, 0.15) is 10.7 Å². The Hall–Kier alpha value is -1.14. The van der Waals surface area contributed by atoms with Gasteiger partial charge >= 0.3 is 0 Å². The third-order valence-corrected chi connectivity index (χ3v) is 5.34. The highest BCUT2D eigenvalue weighted by Gasteiger charge is 2.28. The Morgan fingerprint density at radius 1 is 1.39 bits per heavy atom. The monoisotopic (exact) mass is 269 g/mol. The van der Waals surface area contributed by atoms with E-state index in [2.05, 4.69) is 11.9 Å². The third-order valence-electron chi connectivity index (χ3n) is 3.39. The molecule has 0 radical (unpaired) electrons. The van der Waals surface area contributed by atoms with E-state index < -0.39 is 10.0 Å². The second kappa shape index (κ2) is 5.24. The Bertz CT molecular complexity index is 516. The highest BCUT2D eigenvalue weighted by molar-refractivity contribution is 7.89. The zero-order chi connectivity index (χ0) is 13.2. The molecule has 1 atom stereocenters. The Kier molecular flexibility index (Phi) is 3.87. The van der Waals surface area contributed by atoms with E-state index in [4.69, 9.17) is 5.73 Å². The lowest BCUT2D eigenvalue weighted by molar-refractivity contribution is 0.417. The number of rotatable bonds is 2. The van der Waals surface area contributed by atoms with Gasteiger partial charge in [0.25, 0.3) is 0 Å². The summed E-state index contributed by atoms with van der Waals surface area (Å²) in [5.41, 5.74) is 5.66. The van der Waals surface area contributed by atoms with Gasteiger partial charge in [-0.3, -0.25) is 0 Å². The summed E-state index contributed by atoms with van der Waals surface area (Å²) in [4.78, 5) is 3.98. The molecule has 1 unspecified atom stereocenters. The Balaban J connectivity index is 2.28. The SMILES string of the molecule is CC1CCCN(S(=O)(=O)c2cccnc2N)CC1. The van der Waals surface area contributed by atoms with Gasteiger partial charge in [0.2, 0.25) is 10.0 Å². The van der Waals surface area contributed by atoms with Gasteiger partial charge in [0.15, 0.2) is 0 Å². The van der Waals surface area contributed by atoms with E-state index in [-0.39, 0.29) is 10.7 Å². The van der Waals surface area contributed by atoms with Gasteiger partial charge < -0.3 is 5.73 Å². The first-order chi connectivity index (χ1) is 8.51. The smallest absolute Gasteiger partial charge is 0.246 e. The lowest BCUT2D eigenvalue weighted by Crippen LogP contribution is -2.32. The van der Waals surface area contributed by atoms with Crippen LogP contribution in [0.3, 0.4) is 0 Å². The highest BCUT2D eigenvalue weighted by Crippen LogP contribution is 2.24. The average Bonchev–Trinajstić information content (AvgIpc) is 2.54. The van der Waals surface area contributed by atoms with Crippen molar-refractivity contribution in [2.75, 3.05) is 18.8 Å². The number of nitrogen functional groups attached to an aromatic ring is 1. The van der Waals surface area contributed by atoms with E-state index in [1.165, 1.54) is 16.6 Å². The number of pyridine rings is 1. The van der Waals surface area contributed by atoms with Gasteiger partial charge in [0, 0.05) is 19.3 Å². The molecule has 1 aliphatic rings. The van der Waals surface area contributed by atoms with Crippen LogP contribution in [0, 0.1) is 5.92 Å². The van der Waals surface area contributed by atoms with E-state index >= 15 is 0 Å². The van der Waals surface area contributed by atoms with Crippen LogP contribution in [0.15, 0.2) is 23.2 Å². The van der Waals surface area contributed by atoms with Gasteiger partial charge in [-0.2, -0.15) is 4.31 Å². The molecule has 0 aliphatic carbocycles. The van der Waals surface area contributed by atoms with Crippen molar-refractivity contribution in [1.29, 1.82) is 0 Å². The zero-order valence-electron chi connectivity index (χ0n) is 10.5. The molecular weight excluding hydrogens is 250 g/mol. The largest absolute Gasteiger partial charge is 0.383 e. The van der Waals surface area contributed by atoms with Crippen molar-refractivity contribution in [2.24, 2.45) is 5.92 Å². The summed E-state index contributed by atoms with van der Waals surface area (Å²) in [6.07, 6.45) is 4.38. The molecular formula is C12H19N3O2S. The summed E-state index contributed by atoms with van der Waals surface area (Å²) >= 11 is 0. The number of aromatic nitrogens is 1. The molecule has 0 saturated carbocycles. The van der Waals surface area contributed by atoms with Crippen molar-refractivity contribution in [2.45, 2.75) is 31.1 Å². The molecule has 2 heterocycles. The fraction of sp³-hybridized carbons (Fsp3) is 0.583. The molecule has 18 heavy (non-hydrogen) atoms. The number of sulfonamides is 1. The minimum atomic E-state index is -3.49. The Morgan fingerprint density at radius 2 is 2.17 bits per heavy atom. The van der Waals surface area contributed by atoms with Crippen molar-refractivity contribution < 1.29 is 8.42 Å². The molecule has 0 bridgehead atoms. The van der Waals surface area contributed by atoms with Crippen LogP contribution in [-0.2, 0) is 10.0 Å². The van der Waals surface area contributed by atoms with Crippen LogP contribution in [-0.4, -0.2) is 30.8 Å². The average molecular weight is 269 g/mol. The van der Waals surface area contributed by atoms with Crippen molar-refractivity contribution in [1.82, 2.24) is 9.29 Å². The minimum absolute atomic E-state index is 0.0785. The summed E-state index contributed by atoms with van der Waals surface area (Å²) in [7, 11) is -3.49. The van der Waals surface area contributed by atoms with Crippen molar-refractivity contribution in [3.8, 4) is 0 Å². The van der Waals surface area contributed by atoms with Gasteiger partial charge in [-0.25, -0.2) is 13.4 Å². The van der Waals surface area contributed by atoms with Crippen molar-refractivity contribution in [3.63, 3.8) is 0 Å². The van der Waals surface area contributed by atoms with Crippen LogP contribution in [0.5, 0.6) is 0 Å². The van der Waals surface area contributed by atoms with E-state index in [1.54, 1.807) is 6.07 Å². The second-order valence-electron chi connectivity index (χ2n) is 4.83. The van der Waals surface area contributed by atoms with Crippen molar-refractivity contribution in [3.05, 3.63) is 18.3 Å². The highest BCUT2D eigenvalue weighted by atomic mass is 32.2. The molecule has 1 fully saturated rings. The predicted molar refractivity (Wildman–Crippen MR) is 70.4 cm³/mol. The maximum Gasteiger partial charge on any atom is 0.246 e. The molecule has 0 aromatic carbocycles. The zero-order valence-corrected chi connectivity index (χ0v) is 11.4. The lowest BCUT2D eigenvalue weighted by Gasteiger charge is -2.20. The summed E-state index contributed by atoms with van der Waals surface area (Å²) in [5.74, 6) is 0.659. The first kappa shape index (κ1) is 13.3. The topological polar surface area (TPSA) is 76.3 Å². The number of nitrogens with two attached hydrogens (primary N) is 1. The van der Waals surface area contributed by atoms with Crippen LogP contribution >= 0.6 is 0 Å². The van der Waals surface area contributed by atoms with Gasteiger partial charge in [-0.05, 0) is 37.3 Å². The Morgan fingerprint density at radius 3 is 2.89 bits per heavy atom. The van der Waals surface area contributed by atoms with Crippen LogP contribution < -0.4 is 5.73 Å². The molecule has 1 aromatic rings. The van der Waals surface area contributed by atoms with Gasteiger partial charge in [-0.15, -0.1) is 0 Å². The maximum absolute atomic E-state index is 12.5. The lowest BCUT2D eigenvalue weighted by atomic mass is 10.0. The van der Waals surface area contributed by atoms with Crippen LogP contribution in [0.1, 0.15) is 26.2 Å². The molecule has 1 aliphatic heterocycles. The first-order valence-corrected chi connectivity index (χ1v) is 7.66. The van der Waals surface area contributed by atoms with Crippen LogP contribution in [0.25, 0.3) is 0 Å². The van der Waals surface area contributed by atoms with Crippen LogP contribution in [0.2, 0.25) is 0 Å². The molecule has 1 aromatic heterocycles. The predicted octanol–water partition coefficient (Wildman–Crippen LogP) is 1.47.